The molecule has 2 unspecified atom stereocenters. The third-order valence-electron chi connectivity index (χ3n) is 6.15. The highest BCUT2D eigenvalue weighted by atomic mass is 16.5. The van der Waals surface area contributed by atoms with E-state index in [-0.39, 0.29) is 5.41 Å². The SMILES string of the molecule is CC1(C)CC2CN(C=O)CC1N(c1ccc(N3CCOCC3)cc1)C2. The van der Waals surface area contributed by atoms with Crippen molar-refractivity contribution in [2.75, 3.05) is 55.7 Å². The second kappa shape index (κ2) is 6.52. The summed E-state index contributed by atoms with van der Waals surface area (Å²) in [5.41, 5.74) is 2.79. The molecule has 2 bridgehead atoms. The number of carbonyl (C=O) groups is 1. The topological polar surface area (TPSA) is 36.0 Å². The summed E-state index contributed by atoms with van der Waals surface area (Å²) in [7, 11) is 0. The standard InChI is InChI=1S/C20H29N3O2/c1-20(2)11-16-12-21(15-24)14-19(20)23(13-16)18-5-3-17(4-6-18)22-7-9-25-10-8-22/h3-6,15-16,19H,7-14H2,1-2H3. The quantitative estimate of drug-likeness (QED) is 0.789. The molecule has 2 atom stereocenters. The zero-order chi connectivity index (χ0) is 17.4. The van der Waals surface area contributed by atoms with Crippen LogP contribution >= 0.6 is 0 Å². The smallest absolute Gasteiger partial charge is 0.209 e. The van der Waals surface area contributed by atoms with E-state index in [1.165, 1.54) is 17.8 Å². The first kappa shape index (κ1) is 16.7. The molecule has 5 nitrogen and oxygen atoms in total. The first-order valence-electron chi connectivity index (χ1n) is 9.45. The Morgan fingerprint density at radius 1 is 1.04 bits per heavy atom. The molecule has 4 aliphatic heterocycles. The summed E-state index contributed by atoms with van der Waals surface area (Å²) in [6, 6.07) is 9.37. The molecule has 4 aliphatic rings. The van der Waals surface area contributed by atoms with E-state index < -0.39 is 0 Å². The first-order valence-corrected chi connectivity index (χ1v) is 9.45. The lowest BCUT2D eigenvalue weighted by Gasteiger charge is -2.48. The third-order valence-corrected chi connectivity index (χ3v) is 6.15. The van der Waals surface area contributed by atoms with Crippen LogP contribution in [0.15, 0.2) is 24.3 Å². The van der Waals surface area contributed by atoms with Crippen molar-refractivity contribution in [2.45, 2.75) is 26.3 Å². The number of anilines is 2. The van der Waals surface area contributed by atoms with Gasteiger partial charge in [-0.3, -0.25) is 4.79 Å². The maximum atomic E-state index is 11.4. The van der Waals surface area contributed by atoms with Gasteiger partial charge in [-0.2, -0.15) is 0 Å². The van der Waals surface area contributed by atoms with Crippen LogP contribution in [0.25, 0.3) is 0 Å². The van der Waals surface area contributed by atoms with Gasteiger partial charge in [0.05, 0.1) is 19.3 Å². The van der Waals surface area contributed by atoms with Gasteiger partial charge in [0, 0.05) is 44.1 Å². The van der Waals surface area contributed by atoms with E-state index in [0.717, 1.165) is 52.3 Å². The van der Waals surface area contributed by atoms with Crippen molar-refractivity contribution in [3.05, 3.63) is 24.3 Å². The number of piperidine rings is 1. The van der Waals surface area contributed by atoms with Gasteiger partial charge in [0.1, 0.15) is 0 Å². The summed E-state index contributed by atoms with van der Waals surface area (Å²) >= 11 is 0. The minimum Gasteiger partial charge on any atom is -0.378 e. The Morgan fingerprint density at radius 3 is 2.40 bits per heavy atom. The zero-order valence-corrected chi connectivity index (χ0v) is 15.4. The highest BCUT2D eigenvalue weighted by Gasteiger charge is 2.45. The largest absolute Gasteiger partial charge is 0.378 e. The summed E-state index contributed by atoms with van der Waals surface area (Å²) in [4.78, 5) is 18.3. The summed E-state index contributed by atoms with van der Waals surface area (Å²) in [6.45, 7) is 11.0. The highest BCUT2D eigenvalue weighted by Crippen LogP contribution is 2.43. The molecule has 1 aromatic carbocycles. The zero-order valence-electron chi connectivity index (χ0n) is 15.4. The Morgan fingerprint density at radius 2 is 1.72 bits per heavy atom. The number of ether oxygens (including phenoxy) is 1. The lowest BCUT2D eigenvalue weighted by molar-refractivity contribution is -0.118. The molecule has 0 aromatic heterocycles. The molecule has 1 amide bonds. The molecule has 4 saturated heterocycles. The van der Waals surface area contributed by atoms with Gasteiger partial charge in [0.15, 0.2) is 0 Å². The number of benzene rings is 1. The normalized spacial score (nSPS) is 28.8. The maximum absolute atomic E-state index is 11.4. The van der Waals surface area contributed by atoms with E-state index in [9.17, 15) is 4.79 Å². The molecule has 4 heterocycles. The molecule has 0 saturated carbocycles. The van der Waals surface area contributed by atoms with Crippen molar-refractivity contribution < 1.29 is 9.53 Å². The van der Waals surface area contributed by atoms with Crippen LogP contribution in [0.1, 0.15) is 20.3 Å². The lowest BCUT2D eigenvalue weighted by Crippen LogP contribution is -2.53. The molecule has 0 radical (unpaired) electrons. The second-order valence-corrected chi connectivity index (χ2v) is 8.40. The van der Waals surface area contributed by atoms with Crippen LogP contribution in [-0.2, 0) is 9.53 Å². The van der Waals surface area contributed by atoms with Gasteiger partial charge in [0.25, 0.3) is 0 Å². The lowest BCUT2D eigenvalue weighted by atomic mass is 9.73. The Hall–Kier alpha value is -1.75. The van der Waals surface area contributed by atoms with Crippen LogP contribution < -0.4 is 9.80 Å². The fourth-order valence-corrected chi connectivity index (χ4v) is 4.92. The second-order valence-electron chi connectivity index (χ2n) is 8.40. The van der Waals surface area contributed by atoms with E-state index in [0.29, 0.717) is 12.0 Å². The Balaban J connectivity index is 1.57. The summed E-state index contributed by atoms with van der Waals surface area (Å²) in [5.74, 6) is 0.554. The Labute approximate surface area is 150 Å². The highest BCUT2D eigenvalue weighted by molar-refractivity contribution is 5.58. The number of morpholine rings is 1. The van der Waals surface area contributed by atoms with Crippen LogP contribution in [0, 0.1) is 11.3 Å². The number of hydrogen-bond acceptors (Lipinski definition) is 4. The molecular weight excluding hydrogens is 314 g/mol. The van der Waals surface area contributed by atoms with Crippen molar-refractivity contribution in [3.8, 4) is 0 Å². The van der Waals surface area contributed by atoms with Crippen molar-refractivity contribution in [2.24, 2.45) is 11.3 Å². The Kier molecular flexibility index (Phi) is 4.36. The summed E-state index contributed by atoms with van der Waals surface area (Å²) in [5, 5.41) is 0. The van der Waals surface area contributed by atoms with Gasteiger partial charge < -0.3 is 19.4 Å². The van der Waals surface area contributed by atoms with Gasteiger partial charge >= 0.3 is 0 Å². The van der Waals surface area contributed by atoms with E-state index in [4.69, 9.17) is 4.74 Å². The predicted octanol–water partition coefficient (Wildman–Crippen LogP) is 2.22. The molecule has 4 fully saturated rings. The van der Waals surface area contributed by atoms with Crippen molar-refractivity contribution in [1.29, 1.82) is 0 Å². The summed E-state index contributed by atoms with van der Waals surface area (Å²) < 4.78 is 5.45. The molecule has 25 heavy (non-hydrogen) atoms. The number of hydrogen-bond donors (Lipinski definition) is 0. The number of fused-ring (bicyclic) bond motifs is 4. The van der Waals surface area contributed by atoms with Gasteiger partial charge in [-0.1, -0.05) is 13.8 Å². The first-order chi connectivity index (χ1) is 12.1. The van der Waals surface area contributed by atoms with E-state index in [1.54, 1.807) is 0 Å². The molecule has 5 heteroatoms. The van der Waals surface area contributed by atoms with Crippen LogP contribution in [0.2, 0.25) is 0 Å². The number of amides is 1. The van der Waals surface area contributed by atoms with E-state index in [2.05, 4.69) is 47.9 Å². The molecule has 136 valence electrons. The number of nitrogens with zero attached hydrogens (tertiary/aromatic N) is 3. The monoisotopic (exact) mass is 343 g/mol. The third kappa shape index (κ3) is 3.22. The van der Waals surface area contributed by atoms with Crippen LogP contribution in [0.3, 0.4) is 0 Å². The number of rotatable bonds is 3. The van der Waals surface area contributed by atoms with Crippen LogP contribution in [0.5, 0.6) is 0 Å². The number of carbonyl (C=O) groups excluding carboxylic acids is 1. The molecule has 0 N–H and O–H groups in total. The predicted molar refractivity (Wildman–Crippen MR) is 100 cm³/mol. The molecule has 5 rings (SSSR count). The molecular formula is C20H29N3O2. The Bertz CT molecular complexity index is 610. The fraction of sp³-hybridized carbons (Fsp3) is 0.650. The average molecular weight is 343 g/mol. The minimum absolute atomic E-state index is 0.226. The minimum atomic E-state index is 0.226. The molecule has 0 spiro atoms. The molecule has 0 aliphatic carbocycles. The van der Waals surface area contributed by atoms with Crippen molar-refractivity contribution in [3.63, 3.8) is 0 Å². The fourth-order valence-electron chi connectivity index (χ4n) is 4.92. The van der Waals surface area contributed by atoms with Crippen molar-refractivity contribution in [1.82, 2.24) is 4.90 Å². The van der Waals surface area contributed by atoms with Crippen LogP contribution in [-0.4, -0.2) is 63.3 Å². The van der Waals surface area contributed by atoms with Crippen LogP contribution in [0.4, 0.5) is 11.4 Å². The molecule has 1 aromatic rings. The van der Waals surface area contributed by atoms with Gasteiger partial charge in [-0.15, -0.1) is 0 Å². The summed E-state index contributed by atoms with van der Waals surface area (Å²) in [6.07, 6.45) is 2.23. The van der Waals surface area contributed by atoms with E-state index >= 15 is 0 Å². The van der Waals surface area contributed by atoms with E-state index in [1.807, 2.05) is 4.90 Å². The average Bonchev–Trinajstić information content (AvgIpc) is 2.89. The van der Waals surface area contributed by atoms with Gasteiger partial charge in [-0.25, -0.2) is 0 Å². The van der Waals surface area contributed by atoms with Gasteiger partial charge in [-0.05, 0) is 42.0 Å². The van der Waals surface area contributed by atoms with Gasteiger partial charge in [0.2, 0.25) is 6.41 Å². The maximum Gasteiger partial charge on any atom is 0.209 e. The van der Waals surface area contributed by atoms with Crippen molar-refractivity contribution >= 4 is 17.8 Å².